The third-order valence-corrected chi connectivity index (χ3v) is 3.41. The third-order valence-electron chi connectivity index (χ3n) is 3.41. The van der Waals surface area contributed by atoms with Gasteiger partial charge < -0.3 is 10.6 Å². The SMILES string of the molecule is N#Cc1ccccc1NC(=O)NCCC1=CCCCC1. The van der Waals surface area contributed by atoms with E-state index in [0.717, 1.165) is 19.3 Å². The van der Waals surface area contributed by atoms with Crippen molar-refractivity contribution in [3.63, 3.8) is 0 Å². The van der Waals surface area contributed by atoms with Crippen LogP contribution in [0.15, 0.2) is 35.9 Å². The highest BCUT2D eigenvalue weighted by Gasteiger charge is 2.07. The topological polar surface area (TPSA) is 64.9 Å². The normalized spacial score (nSPS) is 14.1. The van der Waals surface area contributed by atoms with E-state index in [0.29, 0.717) is 17.8 Å². The molecule has 0 heterocycles. The Morgan fingerprint density at radius 1 is 1.30 bits per heavy atom. The number of urea groups is 1. The molecule has 0 bridgehead atoms. The van der Waals surface area contributed by atoms with Gasteiger partial charge in [-0.15, -0.1) is 0 Å². The standard InChI is InChI=1S/C16H19N3O/c17-12-14-8-4-5-9-15(14)19-16(20)18-11-10-13-6-2-1-3-7-13/h4-6,8-9H,1-3,7,10-11H2,(H2,18,19,20). The Kier molecular flexibility index (Phi) is 5.19. The van der Waals surface area contributed by atoms with E-state index in [1.165, 1.54) is 18.4 Å². The molecule has 0 atom stereocenters. The van der Waals surface area contributed by atoms with Crippen LogP contribution in [0.2, 0.25) is 0 Å². The molecule has 2 rings (SSSR count). The summed E-state index contributed by atoms with van der Waals surface area (Å²) >= 11 is 0. The summed E-state index contributed by atoms with van der Waals surface area (Å²) in [4.78, 5) is 11.8. The van der Waals surface area contributed by atoms with Crippen molar-refractivity contribution in [3.8, 4) is 6.07 Å². The van der Waals surface area contributed by atoms with Gasteiger partial charge in [-0.2, -0.15) is 5.26 Å². The van der Waals surface area contributed by atoms with E-state index in [1.807, 2.05) is 0 Å². The number of nitrogens with one attached hydrogen (secondary N) is 2. The van der Waals surface area contributed by atoms with Crippen LogP contribution in [-0.2, 0) is 0 Å². The van der Waals surface area contributed by atoms with Gasteiger partial charge in [-0.3, -0.25) is 0 Å². The van der Waals surface area contributed by atoms with E-state index < -0.39 is 0 Å². The van der Waals surface area contributed by atoms with Gasteiger partial charge in [-0.1, -0.05) is 23.8 Å². The van der Waals surface area contributed by atoms with Crippen molar-refractivity contribution in [1.82, 2.24) is 5.32 Å². The van der Waals surface area contributed by atoms with E-state index >= 15 is 0 Å². The molecule has 2 amide bonds. The van der Waals surface area contributed by atoms with Crippen molar-refractivity contribution in [3.05, 3.63) is 41.5 Å². The Morgan fingerprint density at radius 3 is 2.90 bits per heavy atom. The number of hydrogen-bond acceptors (Lipinski definition) is 2. The van der Waals surface area contributed by atoms with E-state index in [-0.39, 0.29) is 6.03 Å². The van der Waals surface area contributed by atoms with E-state index in [1.54, 1.807) is 24.3 Å². The van der Waals surface area contributed by atoms with E-state index in [4.69, 9.17) is 5.26 Å². The smallest absolute Gasteiger partial charge is 0.319 e. The predicted molar refractivity (Wildman–Crippen MR) is 79.3 cm³/mol. The minimum atomic E-state index is -0.260. The second-order valence-corrected chi connectivity index (χ2v) is 4.90. The summed E-state index contributed by atoms with van der Waals surface area (Å²) in [5.41, 5.74) is 2.45. The largest absolute Gasteiger partial charge is 0.338 e. The molecule has 0 aliphatic heterocycles. The third kappa shape index (κ3) is 4.13. The molecule has 2 N–H and O–H groups in total. The Bertz CT molecular complexity index is 543. The molecule has 1 aromatic carbocycles. The van der Waals surface area contributed by atoms with E-state index in [2.05, 4.69) is 22.8 Å². The van der Waals surface area contributed by atoms with Gasteiger partial charge in [-0.25, -0.2) is 4.79 Å². The van der Waals surface area contributed by atoms with Crippen LogP contribution in [0.25, 0.3) is 0 Å². The highest BCUT2D eigenvalue weighted by molar-refractivity contribution is 5.90. The second kappa shape index (κ2) is 7.34. The molecule has 0 saturated heterocycles. The molecule has 4 heteroatoms. The van der Waals surface area contributed by atoms with Gasteiger partial charge in [0, 0.05) is 6.54 Å². The summed E-state index contributed by atoms with van der Waals surface area (Å²) < 4.78 is 0. The first kappa shape index (κ1) is 14.1. The lowest BCUT2D eigenvalue weighted by Gasteiger charge is -2.13. The molecule has 4 nitrogen and oxygen atoms in total. The van der Waals surface area contributed by atoms with Crippen LogP contribution in [0, 0.1) is 11.3 Å². The number of benzene rings is 1. The summed E-state index contributed by atoms with van der Waals surface area (Å²) in [7, 11) is 0. The molecular formula is C16H19N3O. The summed E-state index contributed by atoms with van der Waals surface area (Å²) in [5, 5.41) is 14.5. The Morgan fingerprint density at radius 2 is 2.15 bits per heavy atom. The average molecular weight is 269 g/mol. The molecule has 1 aromatic rings. The van der Waals surface area contributed by atoms with Gasteiger partial charge >= 0.3 is 6.03 Å². The average Bonchev–Trinajstić information content (AvgIpc) is 2.49. The number of nitrogens with zero attached hydrogens (tertiary/aromatic N) is 1. The van der Waals surface area contributed by atoms with Crippen LogP contribution >= 0.6 is 0 Å². The van der Waals surface area contributed by atoms with Crippen LogP contribution in [0.4, 0.5) is 10.5 Å². The molecule has 20 heavy (non-hydrogen) atoms. The van der Waals surface area contributed by atoms with Gasteiger partial charge in [0.2, 0.25) is 0 Å². The van der Waals surface area contributed by atoms with Crippen LogP contribution in [0.5, 0.6) is 0 Å². The first-order valence-electron chi connectivity index (χ1n) is 7.01. The lowest BCUT2D eigenvalue weighted by atomic mass is 9.97. The highest BCUT2D eigenvalue weighted by atomic mass is 16.2. The molecule has 0 spiro atoms. The Hall–Kier alpha value is -2.28. The molecule has 0 aromatic heterocycles. The van der Waals surface area contributed by atoms with Gasteiger partial charge in [-0.05, 0) is 44.2 Å². The number of amides is 2. The van der Waals surface area contributed by atoms with E-state index in [9.17, 15) is 4.79 Å². The van der Waals surface area contributed by atoms with Crippen LogP contribution in [0.1, 0.15) is 37.7 Å². The maximum Gasteiger partial charge on any atom is 0.319 e. The Balaban J connectivity index is 1.78. The first-order valence-corrected chi connectivity index (χ1v) is 7.01. The van der Waals surface area contributed by atoms with Gasteiger partial charge in [0.05, 0.1) is 11.3 Å². The maximum atomic E-state index is 11.8. The predicted octanol–water partition coefficient (Wildman–Crippen LogP) is 3.57. The van der Waals surface area contributed by atoms with Crippen molar-refractivity contribution in [2.75, 3.05) is 11.9 Å². The number of nitriles is 1. The lowest BCUT2D eigenvalue weighted by molar-refractivity contribution is 0.252. The summed E-state index contributed by atoms with van der Waals surface area (Å²) in [6.45, 7) is 0.631. The minimum Gasteiger partial charge on any atom is -0.338 e. The van der Waals surface area contributed by atoms with Crippen LogP contribution < -0.4 is 10.6 Å². The minimum absolute atomic E-state index is 0.260. The highest BCUT2D eigenvalue weighted by Crippen LogP contribution is 2.19. The Labute approximate surface area is 119 Å². The zero-order valence-corrected chi connectivity index (χ0v) is 11.5. The number of anilines is 1. The maximum absolute atomic E-state index is 11.8. The van der Waals surface area contributed by atoms with Crippen molar-refractivity contribution < 1.29 is 4.79 Å². The molecule has 0 radical (unpaired) electrons. The molecule has 1 aliphatic rings. The van der Waals surface area contributed by atoms with Crippen molar-refractivity contribution in [2.24, 2.45) is 0 Å². The van der Waals surface area contributed by atoms with Crippen LogP contribution in [0.3, 0.4) is 0 Å². The lowest BCUT2D eigenvalue weighted by Crippen LogP contribution is -2.30. The van der Waals surface area contributed by atoms with Crippen molar-refractivity contribution in [1.29, 1.82) is 5.26 Å². The second-order valence-electron chi connectivity index (χ2n) is 4.90. The number of hydrogen-bond donors (Lipinski definition) is 2. The van der Waals surface area contributed by atoms with Crippen molar-refractivity contribution >= 4 is 11.7 Å². The van der Waals surface area contributed by atoms with Gasteiger partial charge in [0.1, 0.15) is 6.07 Å². The number of carbonyl (C=O) groups is 1. The van der Waals surface area contributed by atoms with Gasteiger partial charge in [0.25, 0.3) is 0 Å². The summed E-state index contributed by atoms with van der Waals surface area (Å²) in [6.07, 6.45) is 8.05. The molecule has 0 saturated carbocycles. The summed E-state index contributed by atoms with van der Waals surface area (Å²) in [6, 6.07) is 8.77. The zero-order valence-electron chi connectivity index (χ0n) is 11.5. The van der Waals surface area contributed by atoms with Gasteiger partial charge in [0.15, 0.2) is 0 Å². The fourth-order valence-corrected chi connectivity index (χ4v) is 2.32. The quantitative estimate of drug-likeness (QED) is 0.821. The molecule has 0 fully saturated rings. The summed E-state index contributed by atoms with van der Waals surface area (Å²) in [5.74, 6) is 0. The molecule has 104 valence electrons. The number of carbonyl (C=O) groups excluding carboxylic acids is 1. The fourth-order valence-electron chi connectivity index (χ4n) is 2.32. The molecular weight excluding hydrogens is 250 g/mol. The molecule has 0 unspecified atom stereocenters. The van der Waals surface area contributed by atoms with Crippen LogP contribution in [-0.4, -0.2) is 12.6 Å². The number of rotatable bonds is 4. The van der Waals surface area contributed by atoms with Crippen molar-refractivity contribution in [2.45, 2.75) is 32.1 Å². The monoisotopic (exact) mass is 269 g/mol. The zero-order chi connectivity index (χ0) is 14.2. The fraction of sp³-hybridized carbons (Fsp3) is 0.375. The molecule has 1 aliphatic carbocycles. The number of para-hydroxylation sites is 1. The number of allylic oxidation sites excluding steroid dienone is 1. The first-order chi connectivity index (χ1) is 9.79.